The molecule has 10 heavy (non-hydrogen) atoms. The van der Waals surface area contributed by atoms with Crippen LogP contribution in [0.1, 0.15) is 0 Å². The Morgan fingerprint density at radius 2 is 2.50 bits per heavy atom. The fraction of sp³-hybridized carbons (Fsp3) is 0. The van der Waals surface area contributed by atoms with E-state index in [4.69, 9.17) is 5.53 Å². The van der Waals surface area contributed by atoms with Crippen LogP contribution in [0, 0.1) is 0 Å². The van der Waals surface area contributed by atoms with Crippen molar-refractivity contribution >= 4 is 21.7 Å². The molecule has 0 saturated heterocycles. The predicted molar refractivity (Wildman–Crippen MR) is 38.5 cm³/mol. The first-order valence-corrected chi connectivity index (χ1v) is 3.14. The van der Waals surface area contributed by atoms with Crippen molar-refractivity contribution < 1.29 is 0 Å². The quantitative estimate of drug-likeness (QED) is 0.395. The van der Waals surface area contributed by atoms with Crippen molar-refractivity contribution in [2.45, 2.75) is 0 Å². The molecule has 5 nitrogen and oxygen atoms in total. The zero-order valence-electron chi connectivity index (χ0n) is 4.77. The second kappa shape index (κ2) is 3.14. The number of halogens is 1. The van der Waals surface area contributed by atoms with Crippen LogP contribution in [0.3, 0.4) is 0 Å². The van der Waals surface area contributed by atoms with Gasteiger partial charge in [-0.1, -0.05) is 0 Å². The summed E-state index contributed by atoms with van der Waals surface area (Å²) >= 11 is 3.11. The normalized spacial score (nSPS) is 8.50. The molecule has 0 amide bonds. The van der Waals surface area contributed by atoms with Gasteiger partial charge in [-0.3, -0.25) is 0 Å². The number of hydrogen-bond acceptors (Lipinski definition) is 3. The van der Waals surface area contributed by atoms with Gasteiger partial charge in [0.25, 0.3) is 0 Å². The average molecular weight is 200 g/mol. The number of nitrogens with zero attached hydrogens (tertiary/aromatic N) is 5. The van der Waals surface area contributed by atoms with Crippen molar-refractivity contribution in [3.05, 3.63) is 27.4 Å². The third-order valence-electron chi connectivity index (χ3n) is 0.788. The Morgan fingerprint density at radius 3 is 3.10 bits per heavy atom. The van der Waals surface area contributed by atoms with Gasteiger partial charge in [-0.2, -0.15) is 0 Å². The molecule has 50 valence electrons. The molecule has 0 bridgehead atoms. The minimum Gasteiger partial charge on any atom is -0.244 e. The Labute approximate surface area is 64.9 Å². The lowest BCUT2D eigenvalue weighted by Gasteiger charge is -1.89. The maximum Gasteiger partial charge on any atom is 0.144 e. The SMILES string of the molecule is [N-]=[N+]=Nc1ncncc1Br. The molecule has 0 atom stereocenters. The maximum atomic E-state index is 8.02. The molecule has 1 heterocycles. The van der Waals surface area contributed by atoms with Crippen LogP contribution in [0.25, 0.3) is 10.4 Å². The van der Waals surface area contributed by atoms with Crippen LogP contribution in [-0.4, -0.2) is 9.97 Å². The van der Waals surface area contributed by atoms with Gasteiger partial charge in [0, 0.05) is 11.1 Å². The number of aromatic nitrogens is 2. The molecule has 0 aliphatic rings. The Morgan fingerprint density at radius 1 is 1.70 bits per heavy atom. The highest BCUT2D eigenvalue weighted by molar-refractivity contribution is 9.10. The third kappa shape index (κ3) is 1.43. The Kier molecular flexibility index (Phi) is 2.20. The molecule has 0 fully saturated rings. The molecule has 0 unspecified atom stereocenters. The fourth-order valence-corrected chi connectivity index (χ4v) is 0.722. The van der Waals surface area contributed by atoms with Crippen LogP contribution in [0.5, 0.6) is 0 Å². The zero-order valence-corrected chi connectivity index (χ0v) is 6.35. The van der Waals surface area contributed by atoms with Crippen LogP contribution >= 0.6 is 15.9 Å². The summed E-state index contributed by atoms with van der Waals surface area (Å²) in [5.74, 6) is 0.303. The fourth-order valence-electron chi connectivity index (χ4n) is 0.422. The van der Waals surface area contributed by atoms with Gasteiger partial charge in [0.1, 0.15) is 12.1 Å². The summed E-state index contributed by atoms with van der Waals surface area (Å²) in [6, 6.07) is 0. The summed E-state index contributed by atoms with van der Waals surface area (Å²) in [5, 5.41) is 3.29. The third-order valence-corrected chi connectivity index (χ3v) is 1.35. The lowest BCUT2D eigenvalue weighted by molar-refractivity contribution is 1.13. The predicted octanol–water partition coefficient (Wildman–Crippen LogP) is 2.18. The van der Waals surface area contributed by atoms with Crippen molar-refractivity contribution in [3.8, 4) is 0 Å². The molecule has 0 N–H and O–H groups in total. The molecule has 0 radical (unpaired) electrons. The standard InChI is InChI=1S/C4H2BrN5/c5-3-1-7-2-8-4(3)9-10-6/h1-2H. The van der Waals surface area contributed by atoms with Crippen molar-refractivity contribution in [1.82, 2.24) is 9.97 Å². The van der Waals surface area contributed by atoms with E-state index < -0.39 is 0 Å². The minimum absolute atomic E-state index is 0.303. The minimum atomic E-state index is 0.303. The summed E-state index contributed by atoms with van der Waals surface area (Å²) in [6.07, 6.45) is 2.83. The van der Waals surface area contributed by atoms with Crippen molar-refractivity contribution in [2.24, 2.45) is 5.11 Å². The van der Waals surface area contributed by atoms with Gasteiger partial charge < -0.3 is 0 Å². The molecule has 0 saturated carbocycles. The van der Waals surface area contributed by atoms with E-state index >= 15 is 0 Å². The summed E-state index contributed by atoms with van der Waals surface area (Å²) in [4.78, 5) is 9.95. The molecule has 0 aliphatic carbocycles. The molecule has 6 heteroatoms. The molecule has 1 rings (SSSR count). The highest BCUT2D eigenvalue weighted by Crippen LogP contribution is 2.19. The molecule has 1 aromatic heterocycles. The molecular formula is C4H2BrN5. The van der Waals surface area contributed by atoms with Gasteiger partial charge in [-0.15, -0.1) is 0 Å². The first-order chi connectivity index (χ1) is 4.84. The molecule has 1 aromatic rings. The Hall–Kier alpha value is -1.13. The number of azide groups is 1. The Bertz CT molecular complexity index is 279. The average Bonchev–Trinajstić information content (AvgIpc) is 1.94. The highest BCUT2D eigenvalue weighted by atomic mass is 79.9. The van der Waals surface area contributed by atoms with Gasteiger partial charge in [0.2, 0.25) is 0 Å². The van der Waals surface area contributed by atoms with E-state index in [2.05, 4.69) is 35.9 Å². The number of hydrogen-bond donors (Lipinski definition) is 0. The lowest BCUT2D eigenvalue weighted by atomic mass is 10.6. The number of rotatable bonds is 1. The van der Waals surface area contributed by atoms with Crippen LogP contribution in [0.2, 0.25) is 0 Å². The zero-order chi connectivity index (χ0) is 7.40. The smallest absolute Gasteiger partial charge is 0.144 e. The van der Waals surface area contributed by atoms with Crippen LogP contribution in [0.4, 0.5) is 5.82 Å². The summed E-state index contributed by atoms with van der Waals surface area (Å²) in [6.45, 7) is 0. The molecular weight excluding hydrogens is 198 g/mol. The second-order valence-corrected chi connectivity index (χ2v) is 2.24. The molecule has 0 spiro atoms. The topological polar surface area (TPSA) is 74.5 Å². The van der Waals surface area contributed by atoms with Crippen LogP contribution < -0.4 is 0 Å². The molecule has 0 aromatic carbocycles. The van der Waals surface area contributed by atoms with Gasteiger partial charge in [-0.25, -0.2) is 9.97 Å². The van der Waals surface area contributed by atoms with E-state index in [1.54, 1.807) is 0 Å². The van der Waals surface area contributed by atoms with E-state index in [0.717, 1.165) is 0 Å². The summed E-state index contributed by atoms with van der Waals surface area (Å²) in [7, 11) is 0. The largest absolute Gasteiger partial charge is 0.244 e. The van der Waals surface area contributed by atoms with Gasteiger partial charge in [0.15, 0.2) is 0 Å². The van der Waals surface area contributed by atoms with Crippen molar-refractivity contribution in [1.29, 1.82) is 0 Å². The van der Waals surface area contributed by atoms with E-state index in [1.807, 2.05) is 0 Å². The first kappa shape index (κ1) is 6.98. The second-order valence-electron chi connectivity index (χ2n) is 1.38. The van der Waals surface area contributed by atoms with E-state index in [9.17, 15) is 0 Å². The van der Waals surface area contributed by atoms with Crippen molar-refractivity contribution in [2.75, 3.05) is 0 Å². The summed E-state index contributed by atoms with van der Waals surface area (Å²) in [5.41, 5.74) is 8.02. The molecule has 0 aliphatic heterocycles. The monoisotopic (exact) mass is 199 g/mol. The van der Waals surface area contributed by atoms with Crippen LogP contribution in [-0.2, 0) is 0 Å². The highest BCUT2D eigenvalue weighted by Gasteiger charge is 1.94. The van der Waals surface area contributed by atoms with E-state index in [0.29, 0.717) is 10.3 Å². The maximum absolute atomic E-state index is 8.02. The Balaban J connectivity index is 3.14. The van der Waals surface area contributed by atoms with Crippen LogP contribution in [0.15, 0.2) is 22.1 Å². The summed E-state index contributed by atoms with van der Waals surface area (Å²) < 4.78 is 0.591. The lowest BCUT2D eigenvalue weighted by Crippen LogP contribution is -1.76. The first-order valence-electron chi connectivity index (χ1n) is 2.35. The van der Waals surface area contributed by atoms with Crippen molar-refractivity contribution in [3.63, 3.8) is 0 Å². The van der Waals surface area contributed by atoms with E-state index in [-0.39, 0.29) is 0 Å². The van der Waals surface area contributed by atoms with Gasteiger partial charge >= 0.3 is 0 Å². The van der Waals surface area contributed by atoms with Gasteiger partial charge in [0.05, 0.1) is 4.47 Å². The van der Waals surface area contributed by atoms with Gasteiger partial charge in [-0.05, 0) is 26.6 Å². The van der Waals surface area contributed by atoms with E-state index in [1.165, 1.54) is 12.5 Å².